The summed E-state index contributed by atoms with van der Waals surface area (Å²) in [6.07, 6.45) is 5.30. The summed E-state index contributed by atoms with van der Waals surface area (Å²) >= 11 is 5.70. The van der Waals surface area contributed by atoms with Crippen molar-refractivity contribution < 1.29 is 9.26 Å². The number of hydrogen-bond donors (Lipinski definition) is 0. The Morgan fingerprint density at radius 1 is 1.24 bits per heavy atom. The third-order valence-corrected chi connectivity index (χ3v) is 4.67. The number of nitrogens with zero attached hydrogens (tertiary/aromatic N) is 5. The molecule has 2 aromatic rings. The molecule has 8 heteroatoms. The van der Waals surface area contributed by atoms with Crippen LogP contribution < -0.4 is 9.64 Å². The molecule has 0 aliphatic carbocycles. The molecule has 136 valence electrons. The Morgan fingerprint density at radius 2 is 1.88 bits per heavy atom. The van der Waals surface area contributed by atoms with Crippen molar-refractivity contribution in [2.75, 3.05) is 18.0 Å². The van der Waals surface area contributed by atoms with Gasteiger partial charge in [-0.1, -0.05) is 25.9 Å². The Balaban J connectivity index is 1.54. The molecule has 25 heavy (non-hydrogen) atoms. The van der Waals surface area contributed by atoms with Crippen molar-refractivity contribution in [1.29, 1.82) is 0 Å². The molecule has 0 spiro atoms. The normalized spacial score (nSPS) is 17.6. The average Bonchev–Trinajstić information content (AvgIpc) is 3.07. The van der Waals surface area contributed by atoms with Crippen LogP contribution >= 0.6 is 11.6 Å². The molecule has 1 fully saturated rings. The molecule has 1 saturated heterocycles. The first-order valence-electron chi connectivity index (χ1n) is 8.56. The zero-order valence-electron chi connectivity index (χ0n) is 15.1. The minimum atomic E-state index is -0.108. The Hall–Kier alpha value is -1.89. The lowest BCUT2D eigenvalue weighted by atomic mass is 9.92. The molecular formula is C17H24ClN5O2. The molecule has 3 heterocycles. The summed E-state index contributed by atoms with van der Waals surface area (Å²) in [4.78, 5) is 14.6. The first kappa shape index (κ1) is 17.9. The highest BCUT2D eigenvalue weighted by molar-refractivity contribution is 6.28. The first-order valence-corrected chi connectivity index (χ1v) is 8.94. The van der Waals surface area contributed by atoms with Gasteiger partial charge in [-0.15, -0.1) is 0 Å². The van der Waals surface area contributed by atoms with E-state index in [1.807, 2.05) is 0 Å². The van der Waals surface area contributed by atoms with Gasteiger partial charge >= 0.3 is 6.01 Å². The van der Waals surface area contributed by atoms with Crippen LogP contribution in [-0.2, 0) is 5.41 Å². The number of ether oxygens (including phenoxy) is 1. The van der Waals surface area contributed by atoms with Gasteiger partial charge in [0.05, 0.1) is 18.5 Å². The van der Waals surface area contributed by atoms with E-state index in [-0.39, 0.29) is 16.8 Å². The van der Waals surface area contributed by atoms with E-state index >= 15 is 0 Å². The minimum Gasteiger partial charge on any atom is -0.487 e. The lowest BCUT2D eigenvalue weighted by Crippen LogP contribution is -2.39. The van der Waals surface area contributed by atoms with Gasteiger partial charge in [0, 0.05) is 18.5 Å². The van der Waals surface area contributed by atoms with Crippen molar-refractivity contribution in [3.8, 4) is 5.75 Å². The standard InChI is InChI=1S/C17H24ClN5O2/c1-11(24-13-9-19-15(18)20-10-13)12-5-7-23(8-6-12)16-21-14(22-25-16)17(2,3)4/h9-12H,5-8H2,1-4H3. The van der Waals surface area contributed by atoms with Gasteiger partial charge in [0.1, 0.15) is 0 Å². The molecule has 1 aliphatic rings. The molecule has 0 saturated carbocycles. The number of halogens is 1. The van der Waals surface area contributed by atoms with Gasteiger partial charge in [0.25, 0.3) is 0 Å². The molecule has 0 N–H and O–H groups in total. The predicted octanol–water partition coefficient (Wildman–Crippen LogP) is 3.49. The van der Waals surface area contributed by atoms with E-state index in [0.717, 1.165) is 31.8 Å². The van der Waals surface area contributed by atoms with Gasteiger partial charge in [0.2, 0.25) is 5.28 Å². The van der Waals surface area contributed by atoms with E-state index in [1.54, 1.807) is 12.4 Å². The van der Waals surface area contributed by atoms with Crippen LogP contribution in [0.25, 0.3) is 0 Å². The summed E-state index contributed by atoms with van der Waals surface area (Å²) < 4.78 is 11.4. The quantitative estimate of drug-likeness (QED) is 0.767. The summed E-state index contributed by atoms with van der Waals surface area (Å²) in [5.74, 6) is 1.84. The SMILES string of the molecule is CC(Oc1cnc(Cl)nc1)C1CCN(c2nc(C(C)(C)C)no2)CC1. The molecule has 2 aromatic heterocycles. The van der Waals surface area contributed by atoms with Crippen LogP contribution in [-0.4, -0.2) is 39.3 Å². The van der Waals surface area contributed by atoms with Crippen molar-refractivity contribution in [3.63, 3.8) is 0 Å². The highest BCUT2D eigenvalue weighted by Gasteiger charge is 2.29. The molecule has 0 bridgehead atoms. The van der Waals surface area contributed by atoms with Crippen LogP contribution in [0.5, 0.6) is 5.75 Å². The van der Waals surface area contributed by atoms with Crippen molar-refractivity contribution >= 4 is 17.6 Å². The third-order valence-electron chi connectivity index (χ3n) is 4.48. The lowest BCUT2D eigenvalue weighted by molar-refractivity contribution is 0.131. The molecule has 0 aromatic carbocycles. The third kappa shape index (κ3) is 4.39. The van der Waals surface area contributed by atoms with Crippen molar-refractivity contribution in [2.45, 2.75) is 52.1 Å². The molecule has 1 aliphatic heterocycles. The van der Waals surface area contributed by atoms with Crippen LogP contribution in [0.15, 0.2) is 16.9 Å². The summed E-state index contributed by atoms with van der Waals surface area (Å²) in [7, 11) is 0. The highest BCUT2D eigenvalue weighted by atomic mass is 35.5. The Kier molecular flexibility index (Phi) is 5.13. The Morgan fingerprint density at radius 3 is 2.44 bits per heavy atom. The number of hydrogen-bond acceptors (Lipinski definition) is 7. The van der Waals surface area contributed by atoms with Crippen LogP contribution in [0.4, 0.5) is 6.01 Å². The lowest BCUT2D eigenvalue weighted by Gasteiger charge is -2.33. The number of aromatic nitrogens is 4. The second-order valence-electron chi connectivity index (χ2n) is 7.49. The van der Waals surface area contributed by atoms with Crippen molar-refractivity contribution in [1.82, 2.24) is 20.1 Å². The van der Waals surface area contributed by atoms with E-state index in [1.165, 1.54) is 0 Å². The molecule has 1 atom stereocenters. The molecule has 3 rings (SSSR count). The maximum atomic E-state index is 5.94. The Bertz CT molecular complexity index is 690. The van der Waals surface area contributed by atoms with E-state index in [0.29, 0.717) is 17.7 Å². The van der Waals surface area contributed by atoms with Crippen molar-refractivity contribution in [2.24, 2.45) is 5.92 Å². The number of rotatable bonds is 4. The van der Waals surface area contributed by atoms with E-state index in [4.69, 9.17) is 20.9 Å². The van der Waals surface area contributed by atoms with Crippen LogP contribution in [0.1, 0.15) is 46.4 Å². The number of anilines is 1. The summed E-state index contributed by atoms with van der Waals surface area (Å²) in [6.45, 7) is 10.1. The zero-order chi connectivity index (χ0) is 18.0. The summed E-state index contributed by atoms with van der Waals surface area (Å²) in [6, 6.07) is 0.614. The van der Waals surface area contributed by atoms with Gasteiger partial charge in [-0.25, -0.2) is 9.97 Å². The van der Waals surface area contributed by atoms with Crippen LogP contribution in [0, 0.1) is 5.92 Å². The monoisotopic (exact) mass is 365 g/mol. The summed E-state index contributed by atoms with van der Waals surface area (Å²) in [5, 5.41) is 4.33. The van der Waals surface area contributed by atoms with Gasteiger partial charge in [0.15, 0.2) is 11.6 Å². The van der Waals surface area contributed by atoms with E-state index in [2.05, 4.69) is 52.7 Å². The first-order chi connectivity index (χ1) is 11.8. The van der Waals surface area contributed by atoms with Gasteiger partial charge in [-0.3, -0.25) is 0 Å². The molecule has 0 radical (unpaired) electrons. The molecule has 0 amide bonds. The van der Waals surface area contributed by atoms with Crippen molar-refractivity contribution in [3.05, 3.63) is 23.5 Å². The fourth-order valence-electron chi connectivity index (χ4n) is 2.88. The van der Waals surface area contributed by atoms with Gasteiger partial charge in [-0.2, -0.15) is 4.98 Å². The minimum absolute atomic E-state index is 0.0831. The smallest absolute Gasteiger partial charge is 0.324 e. The summed E-state index contributed by atoms with van der Waals surface area (Å²) in [5.41, 5.74) is -0.108. The van der Waals surface area contributed by atoms with Gasteiger partial charge in [-0.05, 0) is 37.3 Å². The largest absolute Gasteiger partial charge is 0.487 e. The average molecular weight is 366 g/mol. The molecule has 7 nitrogen and oxygen atoms in total. The second kappa shape index (κ2) is 7.15. The fraction of sp³-hybridized carbons (Fsp3) is 0.647. The maximum Gasteiger partial charge on any atom is 0.324 e. The maximum absolute atomic E-state index is 5.94. The van der Waals surface area contributed by atoms with E-state index < -0.39 is 0 Å². The highest BCUT2D eigenvalue weighted by Crippen LogP contribution is 2.28. The predicted molar refractivity (Wildman–Crippen MR) is 95.1 cm³/mol. The topological polar surface area (TPSA) is 77.2 Å². The second-order valence-corrected chi connectivity index (χ2v) is 7.82. The molecule has 1 unspecified atom stereocenters. The number of piperidine rings is 1. The molecular weight excluding hydrogens is 342 g/mol. The fourth-order valence-corrected chi connectivity index (χ4v) is 2.98. The van der Waals surface area contributed by atoms with Crippen LogP contribution in [0.2, 0.25) is 5.28 Å². The zero-order valence-corrected chi connectivity index (χ0v) is 15.8. The van der Waals surface area contributed by atoms with Gasteiger partial charge < -0.3 is 14.2 Å². The van der Waals surface area contributed by atoms with E-state index in [9.17, 15) is 0 Å². The Labute approximate surface area is 152 Å². The van der Waals surface area contributed by atoms with Crippen LogP contribution in [0.3, 0.4) is 0 Å².